The number of hydrogen-bond donors (Lipinski definition) is 2. The number of amides is 1. The molecular weight excluding hydrogens is 273 g/mol. The van der Waals surface area contributed by atoms with Gasteiger partial charge in [0.25, 0.3) is 5.91 Å². The lowest BCUT2D eigenvalue weighted by atomic mass is 10.2. The molecule has 3 rings (SSSR count). The van der Waals surface area contributed by atoms with Crippen LogP contribution < -0.4 is 10.6 Å². The van der Waals surface area contributed by atoms with Gasteiger partial charge in [0, 0.05) is 31.0 Å². The van der Waals surface area contributed by atoms with Crippen LogP contribution >= 0.6 is 24.8 Å². The van der Waals surface area contributed by atoms with Crippen LogP contribution in [-0.2, 0) is 0 Å². The monoisotopic (exact) mass is 289 g/mol. The van der Waals surface area contributed by atoms with Gasteiger partial charge in [-0.25, -0.2) is 0 Å². The second-order valence-corrected chi connectivity index (χ2v) is 4.62. The molecule has 0 bridgehead atoms. The molecule has 1 aromatic heterocycles. The van der Waals surface area contributed by atoms with E-state index < -0.39 is 0 Å². The smallest absolute Gasteiger partial charge is 0.253 e. The third-order valence-electron chi connectivity index (χ3n) is 3.64. The van der Waals surface area contributed by atoms with Crippen LogP contribution in [0.15, 0.2) is 18.3 Å². The van der Waals surface area contributed by atoms with Crippen LogP contribution in [-0.4, -0.2) is 30.0 Å². The molecule has 100 valence electrons. The number of halogens is 2. The third-order valence-corrected chi connectivity index (χ3v) is 3.64. The van der Waals surface area contributed by atoms with Gasteiger partial charge in [0.05, 0.1) is 5.56 Å². The summed E-state index contributed by atoms with van der Waals surface area (Å²) in [4.78, 5) is 16.1. The van der Waals surface area contributed by atoms with Gasteiger partial charge in [-0.2, -0.15) is 0 Å². The number of pyridine rings is 1. The molecule has 2 heterocycles. The Bertz CT molecular complexity index is 431. The van der Waals surface area contributed by atoms with Crippen molar-refractivity contribution in [1.29, 1.82) is 0 Å². The zero-order chi connectivity index (χ0) is 11.1. The van der Waals surface area contributed by atoms with Crippen molar-refractivity contribution >= 4 is 30.7 Å². The minimum absolute atomic E-state index is 0. The summed E-state index contributed by atoms with van der Waals surface area (Å²) < 4.78 is 0. The van der Waals surface area contributed by atoms with Crippen LogP contribution in [0.1, 0.15) is 16.1 Å². The van der Waals surface area contributed by atoms with Gasteiger partial charge >= 0.3 is 0 Å². The number of carbonyl (C=O) groups excluding carboxylic acids is 1. The molecule has 2 atom stereocenters. The van der Waals surface area contributed by atoms with Gasteiger partial charge in [-0.05, 0) is 30.9 Å². The summed E-state index contributed by atoms with van der Waals surface area (Å²) in [7, 11) is 0. The quantitative estimate of drug-likeness (QED) is 0.860. The van der Waals surface area contributed by atoms with Crippen LogP contribution in [0.4, 0.5) is 0 Å². The van der Waals surface area contributed by atoms with E-state index in [-0.39, 0.29) is 30.7 Å². The molecule has 0 spiro atoms. The summed E-state index contributed by atoms with van der Waals surface area (Å²) in [5, 5.41) is 6.41. The van der Waals surface area contributed by atoms with Gasteiger partial charge in [-0.3, -0.25) is 9.78 Å². The lowest BCUT2D eigenvalue weighted by Gasteiger charge is -2.08. The summed E-state index contributed by atoms with van der Waals surface area (Å²) in [5.41, 5.74) is 1.49. The summed E-state index contributed by atoms with van der Waals surface area (Å²) in [6, 6.07) is 4.01. The van der Waals surface area contributed by atoms with E-state index in [0.717, 1.165) is 18.8 Å². The van der Waals surface area contributed by atoms with E-state index in [4.69, 9.17) is 0 Å². The molecule has 18 heavy (non-hydrogen) atoms. The maximum Gasteiger partial charge on any atom is 0.253 e. The summed E-state index contributed by atoms with van der Waals surface area (Å²) in [6.07, 6.45) is 1.71. The Kier molecular flexibility index (Phi) is 4.96. The molecule has 1 aliphatic heterocycles. The first-order valence-electron chi connectivity index (χ1n) is 5.70. The summed E-state index contributed by atoms with van der Waals surface area (Å²) in [6.45, 7) is 3.95. The Morgan fingerprint density at radius 3 is 2.67 bits per heavy atom. The molecule has 1 aromatic rings. The van der Waals surface area contributed by atoms with Crippen molar-refractivity contribution in [3.8, 4) is 0 Å². The van der Waals surface area contributed by atoms with E-state index in [1.54, 1.807) is 12.3 Å². The highest BCUT2D eigenvalue weighted by atomic mass is 35.5. The lowest BCUT2D eigenvalue weighted by Crippen LogP contribution is -2.32. The lowest BCUT2D eigenvalue weighted by molar-refractivity contribution is 0.0945. The Labute approximate surface area is 119 Å². The maximum atomic E-state index is 12.0. The fourth-order valence-electron chi connectivity index (χ4n) is 2.59. The van der Waals surface area contributed by atoms with E-state index in [2.05, 4.69) is 15.6 Å². The molecule has 2 unspecified atom stereocenters. The molecule has 4 nitrogen and oxygen atoms in total. The van der Waals surface area contributed by atoms with E-state index in [0.29, 0.717) is 23.4 Å². The van der Waals surface area contributed by atoms with Crippen molar-refractivity contribution in [2.24, 2.45) is 11.8 Å². The van der Waals surface area contributed by atoms with Crippen LogP contribution in [0.5, 0.6) is 0 Å². The summed E-state index contributed by atoms with van der Waals surface area (Å²) in [5.74, 6) is 1.33. The van der Waals surface area contributed by atoms with E-state index in [1.165, 1.54) is 0 Å². The van der Waals surface area contributed by atoms with E-state index in [9.17, 15) is 4.79 Å². The SMILES string of the molecule is Cc1ncccc1C(=O)NC1C2CNCC21.Cl.Cl. The zero-order valence-electron chi connectivity index (χ0n) is 10.1. The molecular formula is C12H17Cl2N3O. The highest BCUT2D eigenvalue weighted by molar-refractivity contribution is 5.95. The number of piperidine rings is 1. The molecule has 1 aliphatic carbocycles. The number of nitrogens with one attached hydrogen (secondary N) is 2. The van der Waals surface area contributed by atoms with Crippen molar-refractivity contribution in [2.75, 3.05) is 13.1 Å². The van der Waals surface area contributed by atoms with Gasteiger partial charge in [0.2, 0.25) is 0 Å². The largest absolute Gasteiger partial charge is 0.349 e. The first-order valence-corrected chi connectivity index (χ1v) is 5.70. The van der Waals surface area contributed by atoms with Crippen molar-refractivity contribution in [3.05, 3.63) is 29.6 Å². The van der Waals surface area contributed by atoms with Crippen LogP contribution in [0.25, 0.3) is 0 Å². The molecule has 6 heteroatoms. The predicted octanol–water partition coefficient (Wildman–Crippen LogP) is 1.18. The molecule has 2 fully saturated rings. The first kappa shape index (κ1) is 15.2. The Hall–Kier alpha value is -0.840. The normalized spacial score (nSPS) is 27.5. The van der Waals surface area contributed by atoms with Crippen LogP contribution in [0.3, 0.4) is 0 Å². The topological polar surface area (TPSA) is 54.0 Å². The van der Waals surface area contributed by atoms with Crippen LogP contribution in [0, 0.1) is 18.8 Å². The molecule has 0 aromatic carbocycles. The Morgan fingerprint density at radius 1 is 1.39 bits per heavy atom. The minimum Gasteiger partial charge on any atom is -0.349 e. The van der Waals surface area contributed by atoms with Crippen molar-refractivity contribution in [1.82, 2.24) is 15.6 Å². The standard InChI is InChI=1S/C12H15N3O.2ClH/c1-7-8(3-2-4-14-7)12(16)15-11-9-5-13-6-10(9)11;;/h2-4,9-11,13H,5-6H2,1H3,(H,15,16);2*1H. The average Bonchev–Trinajstić information content (AvgIpc) is 2.75. The maximum absolute atomic E-state index is 12.0. The van der Waals surface area contributed by atoms with Crippen molar-refractivity contribution in [2.45, 2.75) is 13.0 Å². The van der Waals surface area contributed by atoms with Gasteiger partial charge < -0.3 is 10.6 Å². The van der Waals surface area contributed by atoms with Gasteiger partial charge in [-0.1, -0.05) is 0 Å². The number of fused-ring (bicyclic) bond motifs is 1. The average molecular weight is 290 g/mol. The molecule has 2 aliphatic rings. The third kappa shape index (κ3) is 2.60. The molecule has 2 N–H and O–H groups in total. The highest BCUT2D eigenvalue weighted by Crippen LogP contribution is 2.41. The number of hydrogen-bond acceptors (Lipinski definition) is 3. The number of aryl methyl sites for hydroxylation is 1. The minimum atomic E-state index is 0. The number of aromatic nitrogens is 1. The molecule has 1 amide bonds. The zero-order valence-corrected chi connectivity index (χ0v) is 11.7. The molecule has 1 saturated carbocycles. The number of rotatable bonds is 2. The molecule has 1 saturated heterocycles. The fourth-order valence-corrected chi connectivity index (χ4v) is 2.59. The number of nitrogens with zero attached hydrogens (tertiary/aromatic N) is 1. The highest BCUT2D eigenvalue weighted by Gasteiger charge is 2.53. The predicted molar refractivity (Wildman–Crippen MR) is 74.6 cm³/mol. The summed E-state index contributed by atoms with van der Waals surface area (Å²) >= 11 is 0. The molecule has 0 radical (unpaired) electrons. The van der Waals surface area contributed by atoms with Crippen molar-refractivity contribution < 1.29 is 4.79 Å². The van der Waals surface area contributed by atoms with E-state index >= 15 is 0 Å². The Morgan fingerprint density at radius 2 is 2.06 bits per heavy atom. The van der Waals surface area contributed by atoms with Gasteiger partial charge in [0.15, 0.2) is 0 Å². The Balaban J connectivity index is 0.000000810. The fraction of sp³-hybridized carbons (Fsp3) is 0.500. The second-order valence-electron chi connectivity index (χ2n) is 4.62. The van der Waals surface area contributed by atoms with Gasteiger partial charge in [-0.15, -0.1) is 24.8 Å². The first-order chi connectivity index (χ1) is 7.77. The van der Waals surface area contributed by atoms with Gasteiger partial charge in [0.1, 0.15) is 0 Å². The number of carbonyl (C=O) groups is 1. The van der Waals surface area contributed by atoms with E-state index in [1.807, 2.05) is 13.0 Å². The second kappa shape index (κ2) is 5.87. The van der Waals surface area contributed by atoms with Crippen LogP contribution in [0.2, 0.25) is 0 Å². The van der Waals surface area contributed by atoms with Crippen molar-refractivity contribution in [3.63, 3.8) is 0 Å².